The number of hydrogen-bond donors (Lipinski definition) is 1. The van der Waals surface area contributed by atoms with Gasteiger partial charge in [0, 0.05) is 30.5 Å². The molecule has 31 heavy (non-hydrogen) atoms. The number of carbonyl (C=O) groups is 4. The largest absolute Gasteiger partial charge is 0.454 e. The molecule has 2 amide bonds. The maximum atomic E-state index is 12.6. The molecule has 1 aliphatic rings. The molecule has 164 valence electrons. The van der Waals surface area contributed by atoms with E-state index in [4.69, 9.17) is 4.74 Å². The summed E-state index contributed by atoms with van der Waals surface area (Å²) < 4.78 is 5.40. The van der Waals surface area contributed by atoms with Crippen LogP contribution in [0.1, 0.15) is 47.3 Å². The summed E-state index contributed by atoms with van der Waals surface area (Å²) in [4.78, 5) is 51.5. The van der Waals surface area contributed by atoms with E-state index >= 15 is 0 Å². The highest BCUT2D eigenvalue weighted by Crippen LogP contribution is 2.27. The molecule has 0 saturated carbocycles. The summed E-state index contributed by atoms with van der Waals surface area (Å²) in [6.45, 7) is 5.61. The fourth-order valence-corrected chi connectivity index (χ4v) is 4.33. The Balaban J connectivity index is 1.57. The molecule has 8 heteroatoms. The summed E-state index contributed by atoms with van der Waals surface area (Å²) in [7, 11) is 0. The summed E-state index contributed by atoms with van der Waals surface area (Å²) in [5, 5.41) is 2.68. The topological polar surface area (TPSA) is 92.8 Å². The third kappa shape index (κ3) is 5.58. The van der Waals surface area contributed by atoms with Crippen LogP contribution in [0.15, 0.2) is 36.4 Å². The first-order valence-corrected chi connectivity index (χ1v) is 11.1. The highest BCUT2D eigenvalue weighted by Gasteiger charge is 2.37. The van der Waals surface area contributed by atoms with Gasteiger partial charge < -0.3 is 15.0 Å². The van der Waals surface area contributed by atoms with E-state index in [0.717, 1.165) is 17.0 Å². The van der Waals surface area contributed by atoms with Crippen LogP contribution in [0.3, 0.4) is 0 Å². The number of Topliss-reactive ketones (excluding diaryl/α,β-unsaturated/α-hetero) is 1. The van der Waals surface area contributed by atoms with E-state index in [1.807, 2.05) is 24.3 Å². The quantitative estimate of drug-likeness (QED) is 0.501. The van der Waals surface area contributed by atoms with Crippen LogP contribution < -0.4 is 10.2 Å². The average molecular weight is 443 g/mol. The van der Waals surface area contributed by atoms with Gasteiger partial charge in [0.2, 0.25) is 17.6 Å². The number of amides is 2. The zero-order valence-corrected chi connectivity index (χ0v) is 18.7. The Bertz CT molecular complexity index is 982. The lowest BCUT2D eigenvalue weighted by Crippen LogP contribution is -2.30. The number of thiophene rings is 1. The lowest BCUT2D eigenvalue weighted by atomic mass is 10.1. The molecule has 1 aromatic carbocycles. The minimum absolute atomic E-state index is 0.0646. The van der Waals surface area contributed by atoms with E-state index in [-0.39, 0.29) is 30.6 Å². The molecule has 1 aliphatic heterocycles. The highest BCUT2D eigenvalue weighted by molar-refractivity contribution is 7.14. The van der Waals surface area contributed by atoms with E-state index < -0.39 is 18.0 Å². The zero-order chi connectivity index (χ0) is 22.5. The van der Waals surface area contributed by atoms with Crippen LogP contribution in [0, 0.1) is 5.92 Å². The van der Waals surface area contributed by atoms with Crippen molar-refractivity contribution in [1.82, 2.24) is 5.32 Å². The van der Waals surface area contributed by atoms with Crippen molar-refractivity contribution < 1.29 is 23.9 Å². The predicted octanol–water partition coefficient (Wildman–Crippen LogP) is 3.11. The molecular weight excluding hydrogens is 416 g/mol. The molecule has 0 aliphatic carbocycles. The monoisotopic (exact) mass is 442 g/mol. The normalized spacial score (nSPS) is 16.8. The maximum absolute atomic E-state index is 12.6. The first-order valence-electron chi connectivity index (χ1n) is 10.3. The summed E-state index contributed by atoms with van der Waals surface area (Å²) in [5.74, 6) is -1.73. The van der Waals surface area contributed by atoms with Gasteiger partial charge in [-0.3, -0.25) is 19.2 Å². The first-order chi connectivity index (χ1) is 14.8. The number of anilines is 1. The van der Waals surface area contributed by atoms with Crippen molar-refractivity contribution in [3.05, 3.63) is 51.7 Å². The van der Waals surface area contributed by atoms with Gasteiger partial charge in [-0.25, -0.2) is 0 Å². The highest BCUT2D eigenvalue weighted by atomic mass is 32.1. The van der Waals surface area contributed by atoms with Crippen LogP contribution in [0.2, 0.25) is 0 Å². The van der Waals surface area contributed by atoms with E-state index in [9.17, 15) is 19.2 Å². The lowest BCUT2D eigenvalue weighted by molar-refractivity contribution is -0.151. The minimum atomic E-state index is -0.951. The summed E-state index contributed by atoms with van der Waals surface area (Å²) in [6.07, 6.45) is 0.0243. The molecule has 3 rings (SSSR count). The van der Waals surface area contributed by atoms with E-state index in [1.54, 1.807) is 17.0 Å². The third-order valence-electron chi connectivity index (χ3n) is 5.19. The zero-order valence-electron chi connectivity index (χ0n) is 17.8. The molecule has 2 aromatic rings. The molecule has 0 spiro atoms. The van der Waals surface area contributed by atoms with E-state index in [1.165, 1.54) is 30.7 Å². The molecule has 1 saturated heterocycles. The van der Waals surface area contributed by atoms with Crippen molar-refractivity contribution in [1.29, 1.82) is 0 Å². The molecule has 1 aromatic heterocycles. The van der Waals surface area contributed by atoms with Gasteiger partial charge in [-0.2, -0.15) is 0 Å². The van der Waals surface area contributed by atoms with Crippen molar-refractivity contribution in [2.75, 3.05) is 11.4 Å². The molecule has 2 atom stereocenters. The number of nitrogens with one attached hydrogen (secondary N) is 1. The van der Waals surface area contributed by atoms with Crippen molar-refractivity contribution in [2.24, 2.45) is 5.92 Å². The number of esters is 1. The van der Waals surface area contributed by atoms with Crippen LogP contribution in [0.25, 0.3) is 0 Å². The van der Waals surface area contributed by atoms with Crippen molar-refractivity contribution in [3.8, 4) is 0 Å². The Morgan fingerprint density at radius 3 is 2.55 bits per heavy atom. The third-order valence-corrected chi connectivity index (χ3v) is 6.29. The second-order valence-corrected chi connectivity index (χ2v) is 8.71. The van der Waals surface area contributed by atoms with Gasteiger partial charge in [0.15, 0.2) is 6.10 Å². The second-order valence-electron chi connectivity index (χ2n) is 7.54. The summed E-state index contributed by atoms with van der Waals surface area (Å²) in [5.41, 5.74) is 1.93. The van der Waals surface area contributed by atoms with Gasteiger partial charge >= 0.3 is 5.97 Å². The Labute approximate surface area is 185 Å². The molecule has 7 nitrogen and oxygen atoms in total. The van der Waals surface area contributed by atoms with Gasteiger partial charge in [-0.05, 0) is 43.2 Å². The second kappa shape index (κ2) is 9.87. The van der Waals surface area contributed by atoms with Gasteiger partial charge in [-0.15, -0.1) is 11.3 Å². The molecule has 0 bridgehead atoms. The summed E-state index contributed by atoms with van der Waals surface area (Å²) in [6, 6.07) is 11.1. The van der Waals surface area contributed by atoms with Crippen LogP contribution >= 0.6 is 11.3 Å². The molecule has 1 N–H and O–H groups in total. The van der Waals surface area contributed by atoms with Gasteiger partial charge in [0.1, 0.15) is 0 Å². The van der Waals surface area contributed by atoms with E-state index in [0.29, 0.717) is 11.4 Å². The van der Waals surface area contributed by atoms with Crippen LogP contribution in [-0.2, 0) is 32.1 Å². The van der Waals surface area contributed by atoms with E-state index in [2.05, 4.69) is 12.2 Å². The minimum Gasteiger partial charge on any atom is -0.454 e. The van der Waals surface area contributed by atoms with Gasteiger partial charge in [-0.1, -0.05) is 19.1 Å². The first kappa shape index (κ1) is 22.7. The van der Waals surface area contributed by atoms with Gasteiger partial charge in [0.05, 0.1) is 17.3 Å². The number of carbonyl (C=O) groups excluding carboxylic acids is 4. The number of ether oxygens (including phenoxy) is 1. The van der Waals surface area contributed by atoms with Gasteiger partial charge in [0.25, 0.3) is 0 Å². The molecule has 2 unspecified atom stereocenters. The average Bonchev–Trinajstić information content (AvgIpc) is 3.38. The number of hydrogen-bond acceptors (Lipinski definition) is 6. The lowest BCUT2D eigenvalue weighted by Gasteiger charge is -2.18. The van der Waals surface area contributed by atoms with Crippen LogP contribution in [0.5, 0.6) is 0 Å². The Morgan fingerprint density at radius 1 is 1.19 bits per heavy atom. The molecule has 2 heterocycles. The molecular formula is C23H26N2O5S. The smallest absolute Gasteiger partial charge is 0.312 e. The summed E-state index contributed by atoms with van der Waals surface area (Å²) >= 11 is 1.25. The van der Waals surface area contributed by atoms with Crippen LogP contribution in [0.4, 0.5) is 5.69 Å². The number of aryl methyl sites for hydroxylation is 1. The standard InChI is InChI=1S/C23H26N2O5S/c1-4-16-5-7-18(8-6-16)25-13-17(11-21(25)27)23(29)30-14(2)22(28)20-10-9-19(31-20)12-24-15(3)26/h5-10,14,17H,4,11-13H2,1-3H3,(H,24,26). The predicted molar refractivity (Wildman–Crippen MR) is 118 cm³/mol. The van der Waals surface area contributed by atoms with Crippen molar-refractivity contribution in [3.63, 3.8) is 0 Å². The molecule has 1 fully saturated rings. The molecule has 0 radical (unpaired) electrons. The maximum Gasteiger partial charge on any atom is 0.312 e. The number of ketones is 1. The number of nitrogens with zero attached hydrogens (tertiary/aromatic N) is 1. The number of rotatable bonds is 8. The fourth-order valence-electron chi connectivity index (χ4n) is 3.37. The SMILES string of the molecule is CCc1ccc(N2CC(C(=O)OC(C)C(=O)c3ccc(CNC(C)=O)s3)CC2=O)cc1. The van der Waals surface area contributed by atoms with Crippen molar-refractivity contribution >= 4 is 40.6 Å². The van der Waals surface area contributed by atoms with Crippen LogP contribution in [-0.4, -0.2) is 36.2 Å². The fraction of sp³-hybridized carbons (Fsp3) is 0.391. The number of benzene rings is 1. The Hall–Kier alpha value is -3.00. The van der Waals surface area contributed by atoms with Crippen molar-refractivity contribution in [2.45, 2.75) is 46.3 Å². The Kier molecular flexibility index (Phi) is 7.22. The Morgan fingerprint density at radius 2 is 1.90 bits per heavy atom.